The minimum absolute atomic E-state index is 0.0853. The lowest BCUT2D eigenvalue weighted by Gasteiger charge is -2.32. The van der Waals surface area contributed by atoms with E-state index in [-0.39, 0.29) is 12.3 Å². The summed E-state index contributed by atoms with van der Waals surface area (Å²) in [7, 11) is 6.36. The van der Waals surface area contributed by atoms with Gasteiger partial charge in [0.15, 0.2) is 0 Å². The van der Waals surface area contributed by atoms with E-state index in [0.717, 1.165) is 17.7 Å². The molecular formula is C21H26F3N3O3. The van der Waals surface area contributed by atoms with Crippen LogP contribution in [-0.4, -0.2) is 51.8 Å². The number of nitrogens with one attached hydrogen (secondary N) is 1. The molecule has 30 heavy (non-hydrogen) atoms. The Bertz CT molecular complexity index is 874. The number of carbonyl (C=O) groups is 1. The molecule has 0 aliphatic rings. The van der Waals surface area contributed by atoms with Crippen molar-refractivity contribution in [2.24, 2.45) is 5.73 Å². The number of methoxy groups -OCH3 is 2. The van der Waals surface area contributed by atoms with E-state index in [1.807, 2.05) is 0 Å². The minimum Gasteiger partial charge on any atom is -0.497 e. The van der Waals surface area contributed by atoms with Crippen molar-refractivity contribution in [2.75, 3.05) is 34.9 Å². The van der Waals surface area contributed by atoms with Gasteiger partial charge >= 0.3 is 6.18 Å². The molecule has 2 rings (SSSR count). The molecule has 0 aliphatic carbocycles. The van der Waals surface area contributed by atoms with Gasteiger partial charge < -0.3 is 25.4 Å². The number of carbonyl (C=O) groups excluding carboxylic acids is 1. The third-order valence-corrected chi connectivity index (χ3v) is 4.89. The van der Waals surface area contributed by atoms with Gasteiger partial charge in [-0.2, -0.15) is 13.2 Å². The molecule has 1 amide bonds. The van der Waals surface area contributed by atoms with Gasteiger partial charge in [0.05, 0.1) is 20.3 Å². The molecule has 0 saturated carbocycles. The summed E-state index contributed by atoms with van der Waals surface area (Å²) in [6.45, 7) is -0.0853. The van der Waals surface area contributed by atoms with E-state index in [4.69, 9.17) is 15.2 Å². The molecule has 6 nitrogen and oxygen atoms in total. The van der Waals surface area contributed by atoms with Crippen molar-refractivity contribution in [3.05, 3.63) is 59.7 Å². The molecule has 0 heterocycles. The first-order valence-electron chi connectivity index (χ1n) is 9.13. The predicted octanol–water partition coefficient (Wildman–Crippen LogP) is 2.84. The molecule has 0 radical (unpaired) electrons. The van der Waals surface area contributed by atoms with E-state index in [1.165, 1.54) is 26.4 Å². The van der Waals surface area contributed by atoms with E-state index in [0.29, 0.717) is 5.75 Å². The van der Waals surface area contributed by atoms with Crippen LogP contribution in [0.4, 0.5) is 13.2 Å². The van der Waals surface area contributed by atoms with Gasteiger partial charge in [-0.3, -0.25) is 4.79 Å². The summed E-state index contributed by atoms with van der Waals surface area (Å²) in [5.41, 5.74) is 2.82. The summed E-state index contributed by atoms with van der Waals surface area (Å²) in [5.74, 6) is -0.578. The van der Waals surface area contributed by atoms with Gasteiger partial charge in [0, 0.05) is 6.54 Å². The molecule has 0 aliphatic heterocycles. The molecule has 0 aromatic heterocycles. The van der Waals surface area contributed by atoms with Crippen LogP contribution in [0.25, 0.3) is 0 Å². The largest absolute Gasteiger partial charge is 0.497 e. The zero-order chi connectivity index (χ0) is 22.5. The van der Waals surface area contributed by atoms with Crippen molar-refractivity contribution < 1.29 is 27.4 Å². The van der Waals surface area contributed by atoms with Crippen molar-refractivity contribution in [1.29, 1.82) is 0 Å². The molecule has 0 bridgehead atoms. The van der Waals surface area contributed by atoms with Crippen LogP contribution in [0.5, 0.6) is 11.5 Å². The van der Waals surface area contributed by atoms with Gasteiger partial charge in [0.2, 0.25) is 5.54 Å². The quantitative estimate of drug-likeness (QED) is 0.680. The smallest absolute Gasteiger partial charge is 0.419 e. The number of nitrogens with two attached hydrogens (primary N) is 1. The van der Waals surface area contributed by atoms with Crippen LogP contribution in [0.3, 0.4) is 0 Å². The van der Waals surface area contributed by atoms with Gasteiger partial charge in [0.1, 0.15) is 11.5 Å². The Hall–Kier alpha value is -2.78. The number of halogens is 3. The first-order chi connectivity index (χ1) is 14.0. The Labute approximate surface area is 173 Å². The van der Waals surface area contributed by atoms with Crippen molar-refractivity contribution in [2.45, 2.75) is 17.8 Å². The highest BCUT2D eigenvalue weighted by Crippen LogP contribution is 2.38. The van der Waals surface area contributed by atoms with Crippen LogP contribution in [0, 0.1) is 0 Å². The Morgan fingerprint density at radius 1 is 1.07 bits per heavy atom. The first kappa shape index (κ1) is 23.5. The lowest BCUT2D eigenvalue weighted by Crippen LogP contribution is -2.61. The second-order valence-electron chi connectivity index (χ2n) is 7.00. The lowest BCUT2D eigenvalue weighted by molar-refractivity contribution is -0.194. The van der Waals surface area contributed by atoms with Crippen LogP contribution in [0.15, 0.2) is 48.5 Å². The summed E-state index contributed by atoms with van der Waals surface area (Å²) < 4.78 is 52.0. The zero-order valence-corrected chi connectivity index (χ0v) is 17.3. The molecule has 9 heteroatoms. The molecule has 0 unspecified atom stereocenters. The van der Waals surface area contributed by atoms with E-state index in [2.05, 4.69) is 5.32 Å². The van der Waals surface area contributed by atoms with Gasteiger partial charge in [-0.1, -0.05) is 24.3 Å². The standard InChI is InChI=1S/C21H26F3N3O3/c1-27(2)18(14-7-5-9-16(11-14)29-3)13-26-19(28)20(25,21(22,23)24)15-8-6-10-17(12-15)30-4/h5-12,18H,13,25H2,1-4H3,(H,26,28)/t18-,20+/m1/s1. The van der Waals surface area contributed by atoms with E-state index in [1.54, 1.807) is 43.3 Å². The van der Waals surface area contributed by atoms with Crippen molar-refractivity contribution in [1.82, 2.24) is 10.2 Å². The first-order valence-corrected chi connectivity index (χ1v) is 9.13. The summed E-state index contributed by atoms with van der Waals surface area (Å²) in [6.07, 6.45) is -5.02. The fourth-order valence-electron chi connectivity index (χ4n) is 3.07. The fraction of sp³-hybridized carbons (Fsp3) is 0.381. The topological polar surface area (TPSA) is 76.8 Å². The van der Waals surface area contributed by atoms with E-state index < -0.39 is 29.2 Å². The average Bonchev–Trinajstić information content (AvgIpc) is 2.72. The number of alkyl halides is 3. The Morgan fingerprint density at radius 3 is 2.17 bits per heavy atom. The summed E-state index contributed by atoms with van der Waals surface area (Å²) >= 11 is 0. The highest BCUT2D eigenvalue weighted by atomic mass is 19.4. The van der Waals surface area contributed by atoms with Crippen LogP contribution >= 0.6 is 0 Å². The Balaban J connectivity index is 2.32. The lowest BCUT2D eigenvalue weighted by atomic mass is 9.88. The molecule has 164 valence electrons. The summed E-state index contributed by atoms with van der Waals surface area (Å²) in [5, 5.41) is 2.38. The van der Waals surface area contributed by atoms with Crippen molar-refractivity contribution in [3.8, 4) is 11.5 Å². The average molecular weight is 425 g/mol. The van der Waals surface area contributed by atoms with Gasteiger partial charge in [-0.25, -0.2) is 0 Å². The third kappa shape index (κ3) is 4.85. The molecule has 3 N–H and O–H groups in total. The molecule has 0 fully saturated rings. The van der Waals surface area contributed by atoms with E-state index >= 15 is 0 Å². The summed E-state index contributed by atoms with van der Waals surface area (Å²) in [6, 6.07) is 11.8. The second-order valence-corrected chi connectivity index (χ2v) is 7.00. The number of hydrogen-bond donors (Lipinski definition) is 2. The number of amides is 1. The highest BCUT2D eigenvalue weighted by Gasteiger charge is 2.59. The minimum atomic E-state index is -5.02. The number of ether oxygens (including phenoxy) is 2. The number of rotatable bonds is 8. The summed E-state index contributed by atoms with van der Waals surface area (Å²) in [4.78, 5) is 14.5. The van der Waals surface area contributed by atoms with Crippen LogP contribution in [0.1, 0.15) is 17.2 Å². The maximum atomic E-state index is 13.9. The van der Waals surface area contributed by atoms with Crippen molar-refractivity contribution >= 4 is 5.91 Å². The van der Waals surface area contributed by atoms with E-state index in [9.17, 15) is 18.0 Å². The molecule has 2 aromatic rings. The molecule has 0 saturated heterocycles. The normalized spacial score (nSPS) is 14.7. The van der Waals surface area contributed by atoms with Gasteiger partial charge in [-0.15, -0.1) is 0 Å². The maximum absolute atomic E-state index is 13.9. The van der Waals surface area contributed by atoms with Crippen LogP contribution < -0.4 is 20.5 Å². The molecule has 2 aromatic carbocycles. The second kappa shape index (κ2) is 9.36. The number of benzene rings is 2. The van der Waals surface area contributed by atoms with Gasteiger partial charge in [-0.05, 0) is 49.5 Å². The monoisotopic (exact) mass is 425 g/mol. The zero-order valence-electron chi connectivity index (χ0n) is 17.3. The number of hydrogen-bond acceptors (Lipinski definition) is 5. The maximum Gasteiger partial charge on any atom is 0.419 e. The predicted molar refractivity (Wildman–Crippen MR) is 107 cm³/mol. The number of nitrogens with zero attached hydrogens (tertiary/aromatic N) is 1. The fourth-order valence-corrected chi connectivity index (χ4v) is 3.07. The Morgan fingerprint density at radius 2 is 1.63 bits per heavy atom. The molecule has 2 atom stereocenters. The van der Waals surface area contributed by atoms with Crippen molar-refractivity contribution in [3.63, 3.8) is 0 Å². The Kier molecular flexibility index (Phi) is 7.33. The number of likely N-dealkylation sites (N-methyl/N-ethyl adjacent to an activating group) is 1. The molecule has 0 spiro atoms. The highest BCUT2D eigenvalue weighted by molar-refractivity contribution is 5.88. The van der Waals surface area contributed by atoms with Crippen LogP contribution in [-0.2, 0) is 10.3 Å². The molecular weight excluding hydrogens is 399 g/mol. The van der Waals surface area contributed by atoms with Gasteiger partial charge in [0.25, 0.3) is 5.91 Å². The SMILES string of the molecule is COc1cccc([C@@H](CNC(=O)[C@@](N)(c2cccc(OC)c2)C(F)(F)F)N(C)C)c1. The third-order valence-electron chi connectivity index (χ3n) is 4.89. The van der Waals surface area contributed by atoms with Crippen LogP contribution in [0.2, 0.25) is 0 Å².